The molecule has 0 amide bonds. The van der Waals surface area contributed by atoms with Gasteiger partial charge in [0.05, 0.1) is 18.3 Å². The minimum Gasteiger partial charge on any atom is -0.494 e. The number of benzene rings is 1. The lowest BCUT2D eigenvalue weighted by Gasteiger charge is -2.26. The van der Waals surface area contributed by atoms with Crippen LogP contribution in [0, 0.1) is 0 Å². The zero-order valence-electron chi connectivity index (χ0n) is 18.2. The highest BCUT2D eigenvalue weighted by Crippen LogP contribution is 2.41. The number of hydrogen-bond acceptors (Lipinski definition) is 5. The second-order valence-electron chi connectivity index (χ2n) is 7.78. The van der Waals surface area contributed by atoms with E-state index < -0.39 is 0 Å². The average Bonchev–Trinajstić information content (AvgIpc) is 3.46. The lowest BCUT2D eigenvalue weighted by molar-refractivity contribution is 0.269. The first-order valence-corrected chi connectivity index (χ1v) is 11.3. The van der Waals surface area contributed by atoms with Gasteiger partial charge in [0.25, 0.3) is 0 Å². The standard InChI is InChI=1S/C26H24N4O2S/c1-2-31-20-10-8-19(9-11-20)22-12-13-23(32-22)25-24(21-7-3-4-15-28-21)29-26(33)30(25)17-18-6-5-14-27-16-18/h3-16,24-25H,2,17H2,1H3,(H,29,33). The fourth-order valence-corrected chi connectivity index (χ4v) is 4.43. The Morgan fingerprint density at radius 1 is 1.03 bits per heavy atom. The molecule has 6 nitrogen and oxygen atoms in total. The predicted molar refractivity (Wildman–Crippen MR) is 131 cm³/mol. The van der Waals surface area contributed by atoms with Crippen molar-refractivity contribution < 1.29 is 9.15 Å². The maximum absolute atomic E-state index is 6.40. The van der Waals surface area contributed by atoms with Gasteiger partial charge >= 0.3 is 0 Å². The van der Waals surface area contributed by atoms with Gasteiger partial charge in [-0.25, -0.2) is 0 Å². The van der Waals surface area contributed by atoms with E-state index in [4.69, 9.17) is 21.4 Å². The Hall–Kier alpha value is -3.71. The smallest absolute Gasteiger partial charge is 0.170 e. The summed E-state index contributed by atoms with van der Waals surface area (Å²) in [5, 5.41) is 4.12. The van der Waals surface area contributed by atoms with Gasteiger partial charge in [-0.1, -0.05) is 12.1 Å². The van der Waals surface area contributed by atoms with E-state index in [2.05, 4.69) is 20.2 Å². The van der Waals surface area contributed by atoms with E-state index in [1.165, 1.54) is 0 Å². The van der Waals surface area contributed by atoms with E-state index in [1.54, 1.807) is 12.4 Å². The molecule has 3 aromatic heterocycles. The first-order chi connectivity index (χ1) is 16.2. The van der Waals surface area contributed by atoms with Crippen molar-refractivity contribution in [3.8, 4) is 17.1 Å². The zero-order valence-corrected chi connectivity index (χ0v) is 19.0. The quantitative estimate of drug-likeness (QED) is 0.378. The molecule has 1 aliphatic heterocycles. The summed E-state index contributed by atoms with van der Waals surface area (Å²) in [7, 11) is 0. The van der Waals surface area contributed by atoms with Gasteiger partial charge in [-0.3, -0.25) is 9.97 Å². The van der Waals surface area contributed by atoms with Gasteiger partial charge in [0.2, 0.25) is 0 Å². The molecule has 1 N–H and O–H groups in total. The maximum atomic E-state index is 6.40. The van der Waals surface area contributed by atoms with Crippen LogP contribution in [-0.2, 0) is 6.54 Å². The number of nitrogens with one attached hydrogen (secondary N) is 1. The largest absolute Gasteiger partial charge is 0.494 e. The van der Waals surface area contributed by atoms with E-state index in [1.807, 2.05) is 79.9 Å². The zero-order chi connectivity index (χ0) is 22.6. The average molecular weight is 457 g/mol. The molecule has 1 aromatic carbocycles. The third kappa shape index (κ3) is 4.45. The third-order valence-corrected chi connectivity index (χ3v) is 5.99. The van der Waals surface area contributed by atoms with Crippen LogP contribution in [-0.4, -0.2) is 26.6 Å². The molecule has 5 rings (SSSR count). The van der Waals surface area contributed by atoms with Crippen LogP contribution in [0.25, 0.3) is 11.3 Å². The van der Waals surface area contributed by atoms with E-state index >= 15 is 0 Å². The monoisotopic (exact) mass is 456 g/mol. The van der Waals surface area contributed by atoms with Crippen molar-refractivity contribution in [1.29, 1.82) is 0 Å². The summed E-state index contributed by atoms with van der Waals surface area (Å²) in [6.45, 7) is 3.23. The molecule has 1 fully saturated rings. The van der Waals surface area contributed by atoms with Crippen LogP contribution >= 0.6 is 12.2 Å². The summed E-state index contributed by atoms with van der Waals surface area (Å²) in [5.41, 5.74) is 2.98. The van der Waals surface area contributed by atoms with Gasteiger partial charge in [-0.15, -0.1) is 0 Å². The number of hydrogen-bond donors (Lipinski definition) is 1. The Kier molecular flexibility index (Phi) is 6.04. The SMILES string of the molecule is CCOc1ccc(-c2ccc(C3C(c4ccccn4)NC(=S)N3Cc3cccnc3)o2)cc1. The van der Waals surface area contributed by atoms with Crippen molar-refractivity contribution in [2.24, 2.45) is 0 Å². The number of thiocarbonyl (C=S) groups is 1. The third-order valence-electron chi connectivity index (χ3n) is 5.64. The maximum Gasteiger partial charge on any atom is 0.170 e. The van der Waals surface area contributed by atoms with Crippen molar-refractivity contribution in [1.82, 2.24) is 20.2 Å². The fraction of sp³-hybridized carbons (Fsp3) is 0.192. The molecular formula is C26H24N4O2S. The molecule has 0 saturated carbocycles. The first-order valence-electron chi connectivity index (χ1n) is 10.9. The molecule has 166 valence electrons. The minimum absolute atomic E-state index is 0.130. The van der Waals surface area contributed by atoms with Crippen LogP contribution in [0.5, 0.6) is 5.75 Å². The molecule has 2 atom stereocenters. The molecule has 0 radical (unpaired) electrons. The number of pyridine rings is 2. The molecule has 4 aromatic rings. The number of ether oxygens (including phenoxy) is 1. The van der Waals surface area contributed by atoms with Crippen molar-refractivity contribution in [2.45, 2.75) is 25.6 Å². The van der Waals surface area contributed by atoms with Crippen LogP contribution in [0.4, 0.5) is 0 Å². The van der Waals surface area contributed by atoms with Crippen molar-refractivity contribution in [2.75, 3.05) is 6.61 Å². The number of aromatic nitrogens is 2. The van der Waals surface area contributed by atoms with Gasteiger partial charge in [-0.05, 0) is 79.3 Å². The summed E-state index contributed by atoms with van der Waals surface area (Å²) in [5.74, 6) is 2.47. The van der Waals surface area contributed by atoms with E-state index in [0.29, 0.717) is 18.3 Å². The van der Waals surface area contributed by atoms with Crippen molar-refractivity contribution in [3.63, 3.8) is 0 Å². The van der Waals surface area contributed by atoms with Crippen molar-refractivity contribution in [3.05, 3.63) is 102 Å². The molecule has 2 unspecified atom stereocenters. The Bertz CT molecular complexity index is 1210. The normalized spacial score (nSPS) is 17.7. The Balaban J connectivity index is 1.49. The lowest BCUT2D eigenvalue weighted by Crippen LogP contribution is -2.29. The highest BCUT2D eigenvalue weighted by Gasteiger charge is 2.41. The highest BCUT2D eigenvalue weighted by molar-refractivity contribution is 7.80. The minimum atomic E-state index is -0.149. The molecule has 0 aliphatic carbocycles. The van der Waals surface area contributed by atoms with Crippen LogP contribution in [0.15, 0.2) is 89.7 Å². The molecule has 33 heavy (non-hydrogen) atoms. The first kappa shape index (κ1) is 21.2. The number of rotatable bonds is 7. The molecule has 4 heterocycles. The highest BCUT2D eigenvalue weighted by atomic mass is 32.1. The molecule has 0 spiro atoms. The second kappa shape index (κ2) is 9.42. The summed E-state index contributed by atoms with van der Waals surface area (Å²) in [4.78, 5) is 11.0. The van der Waals surface area contributed by atoms with Gasteiger partial charge in [-0.2, -0.15) is 0 Å². The molecule has 0 bridgehead atoms. The van der Waals surface area contributed by atoms with E-state index in [9.17, 15) is 0 Å². The van der Waals surface area contributed by atoms with Crippen LogP contribution in [0.2, 0.25) is 0 Å². The summed E-state index contributed by atoms with van der Waals surface area (Å²) in [6, 6.07) is 21.6. The van der Waals surface area contributed by atoms with Gasteiger partial charge in [0.15, 0.2) is 5.11 Å². The molecule has 1 aliphatic rings. The van der Waals surface area contributed by atoms with Gasteiger partial charge in [0.1, 0.15) is 23.3 Å². The lowest BCUT2D eigenvalue weighted by atomic mass is 10.0. The summed E-state index contributed by atoms with van der Waals surface area (Å²) >= 11 is 5.74. The Labute approximate surface area is 198 Å². The number of nitrogens with zero attached hydrogens (tertiary/aromatic N) is 3. The van der Waals surface area contributed by atoms with Gasteiger partial charge < -0.3 is 19.4 Å². The Morgan fingerprint density at radius 3 is 2.64 bits per heavy atom. The molecule has 7 heteroatoms. The molecule has 1 saturated heterocycles. The van der Waals surface area contributed by atoms with E-state index in [-0.39, 0.29) is 12.1 Å². The fourth-order valence-electron chi connectivity index (χ4n) is 4.12. The topological polar surface area (TPSA) is 63.4 Å². The summed E-state index contributed by atoms with van der Waals surface area (Å²) in [6.07, 6.45) is 5.43. The number of furan rings is 1. The van der Waals surface area contributed by atoms with Gasteiger partial charge in [0, 0.05) is 30.7 Å². The molecular weight excluding hydrogens is 432 g/mol. The van der Waals surface area contributed by atoms with Crippen LogP contribution < -0.4 is 10.1 Å². The second-order valence-corrected chi connectivity index (χ2v) is 8.16. The summed E-state index contributed by atoms with van der Waals surface area (Å²) < 4.78 is 12.0. The van der Waals surface area contributed by atoms with Crippen molar-refractivity contribution >= 4 is 17.3 Å². The Morgan fingerprint density at radius 2 is 1.91 bits per heavy atom. The van der Waals surface area contributed by atoms with Crippen LogP contribution in [0.1, 0.15) is 36.0 Å². The van der Waals surface area contributed by atoms with E-state index in [0.717, 1.165) is 34.1 Å². The predicted octanol–water partition coefficient (Wildman–Crippen LogP) is 5.31. The van der Waals surface area contributed by atoms with Crippen LogP contribution in [0.3, 0.4) is 0 Å².